The molecule has 3 heteroatoms. The molecule has 2 nitrogen and oxygen atoms in total. The molecule has 0 aliphatic rings. The number of benzene rings is 1. The first-order chi connectivity index (χ1) is 6.50. The third-order valence-corrected chi connectivity index (χ3v) is 2.71. The maximum atomic E-state index is 5.93. The van der Waals surface area contributed by atoms with E-state index in [1.807, 2.05) is 18.2 Å². The average molecular weight is 213 g/mol. The van der Waals surface area contributed by atoms with Gasteiger partial charge in [0.1, 0.15) is 0 Å². The van der Waals surface area contributed by atoms with Crippen molar-refractivity contribution in [2.75, 3.05) is 12.8 Å². The molecule has 0 amide bonds. The first kappa shape index (κ1) is 11.3. The second-order valence-electron chi connectivity index (χ2n) is 3.86. The van der Waals surface area contributed by atoms with Crippen LogP contribution in [-0.2, 0) is 6.54 Å². The molecule has 0 radical (unpaired) electrons. The van der Waals surface area contributed by atoms with Gasteiger partial charge in [-0.2, -0.15) is 0 Å². The van der Waals surface area contributed by atoms with Crippen LogP contribution in [0.1, 0.15) is 19.4 Å². The van der Waals surface area contributed by atoms with Crippen molar-refractivity contribution in [2.45, 2.75) is 26.4 Å². The maximum absolute atomic E-state index is 5.93. The van der Waals surface area contributed by atoms with Crippen molar-refractivity contribution in [3.63, 3.8) is 0 Å². The fourth-order valence-corrected chi connectivity index (χ4v) is 1.34. The van der Waals surface area contributed by atoms with Crippen molar-refractivity contribution in [1.29, 1.82) is 0 Å². The number of hydrogen-bond acceptors (Lipinski definition) is 2. The summed E-state index contributed by atoms with van der Waals surface area (Å²) in [6, 6.07) is 6.33. The third-order valence-electron chi connectivity index (χ3n) is 2.38. The van der Waals surface area contributed by atoms with Crippen LogP contribution in [-0.4, -0.2) is 18.0 Å². The van der Waals surface area contributed by atoms with Gasteiger partial charge in [0.2, 0.25) is 0 Å². The largest absolute Gasteiger partial charge is 0.398 e. The summed E-state index contributed by atoms with van der Waals surface area (Å²) < 4.78 is 0. The predicted octanol–water partition coefficient (Wildman–Crippen LogP) is 2.76. The van der Waals surface area contributed by atoms with E-state index in [0.717, 1.165) is 6.54 Å². The van der Waals surface area contributed by atoms with Gasteiger partial charge in [-0.15, -0.1) is 0 Å². The molecule has 0 heterocycles. The molecule has 0 aliphatic carbocycles. The van der Waals surface area contributed by atoms with E-state index in [4.69, 9.17) is 17.3 Å². The Kier molecular flexibility index (Phi) is 3.78. The number of rotatable bonds is 3. The Labute approximate surface area is 90.7 Å². The molecule has 1 aromatic carbocycles. The molecule has 0 spiro atoms. The highest BCUT2D eigenvalue weighted by molar-refractivity contribution is 6.33. The molecule has 0 aromatic heterocycles. The van der Waals surface area contributed by atoms with Crippen LogP contribution in [0.4, 0.5) is 5.69 Å². The first-order valence-corrected chi connectivity index (χ1v) is 5.12. The molecular weight excluding hydrogens is 196 g/mol. The van der Waals surface area contributed by atoms with E-state index in [2.05, 4.69) is 25.8 Å². The molecule has 14 heavy (non-hydrogen) atoms. The van der Waals surface area contributed by atoms with Gasteiger partial charge in [0, 0.05) is 12.6 Å². The summed E-state index contributed by atoms with van der Waals surface area (Å²) in [4.78, 5) is 2.25. The minimum absolute atomic E-state index is 0.534. The van der Waals surface area contributed by atoms with Crippen molar-refractivity contribution >= 4 is 17.3 Å². The lowest BCUT2D eigenvalue weighted by molar-refractivity contribution is 0.266. The van der Waals surface area contributed by atoms with Gasteiger partial charge in [-0.25, -0.2) is 0 Å². The zero-order valence-corrected chi connectivity index (χ0v) is 9.67. The fourth-order valence-electron chi connectivity index (χ4n) is 1.14. The minimum Gasteiger partial charge on any atom is -0.398 e. The van der Waals surface area contributed by atoms with Gasteiger partial charge >= 0.3 is 0 Å². The Hall–Kier alpha value is -0.730. The Balaban J connectivity index is 2.73. The highest BCUT2D eigenvalue weighted by atomic mass is 35.5. The van der Waals surface area contributed by atoms with Crippen LogP contribution in [0, 0.1) is 0 Å². The van der Waals surface area contributed by atoms with Crippen molar-refractivity contribution in [3.8, 4) is 0 Å². The van der Waals surface area contributed by atoms with Crippen LogP contribution in [0.25, 0.3) is 0 Å². The van der Waals surface area contributed by atoms with E-state index >= 15 is 0 Å². The number of nitrogens with zero attached hydrogens (tertiary/aromatic N) is 1. The summed E-state index contributed by atoms with van der Waals surface area (Å²) in [5.74, 6) is 0. The molecule has 0 atom stereocenters. The van der Waals surface area contributed by atoms with Gasteiger partial charge in [0.25, 0.3) is 0 Å². The number of anilines is 1. The van der Waals surface area contributed by atoms with Crippen LogP contribution in [0.5, 0.6) is 0 Å². The number of nitrogens with two attached hydrogens (primary N) is 1. The quantitative estimate of drug-likeness (QED) is 0.781. The van der Waals surface area contributed by atoms with Gasteiger partial charge in [0.05, 0.1) is 10.7 Å². The molecule has 78 valence electrons. The van der Waals surface area contributed by atoms with Crippen LogP contribution < -0.4 is 5.73 Å². The lowest BCUT2D eigenvalue weighted by atomic mass is 10.2. The SMILES string of the molecule is CC(C)N(C)Cc1ccc(N)c(Cl)c1. The molecule has 0 bridgehead atoms. The molecule has 0 saturated heterocycles. The summed E-state index contributed by atoms with van der Waals surface area (Å²) in [7, 11) is 2.09. The molecule has 0 fully saturated rings. The topological polar surface area (TPSA) is 29.3 Å². The smallest absolute Gasteiger partial charge is 0.0638 e. The molecule has 1 aromatic rings. The number of halogens is 1. The van der Waals surface area contributed by atoms with Crippen molar-refractivity contribution in [2.24, 2.45) is 0 Å². The summed E-state index contributed by atoms with van der Waals surface area (Å²) in [5.41, 5.74) is 7.47. The monoisotopic (exact) mass is 212 g/mol. The number of hydrogen-bond donors (Lipinski definition) is 1. The Morgan fingerprint density at radius 3 is 2.57 bits per heavy atom. The van der Waals surface area contributed by atoms with E-state index in [1.165, 1.54) is 5.56 Å². The number of nitrogen functional groups attached to an aromatic ring is 1. The van der Waals surface area contributed by atoms with Crippen molar-refractivity contribution in [1.82, 2.24) is 4.90 Å². The van der Waals surface area contributed by atoms with Gasteiger partial charge in [-0.05, 0) is 38.6 Å². The molecule has 2 N–H and O–H groups in total. The molecule has 0 saturated carbocycles. The summed E-state index contributed by atoms with van der Waals surface area (Å²) in [5, 5.41) is 0.639. The highest BCUT2D eigenvalue weighted by Gasteiger charge is 2.05. The predicted molar refractivity (Wildman–Crippen MR) is 62.5 cm³/mol. The van der Waals surface area contributed by atoms with Gasteiger partial charge in [-0.1, -0.05) is 17.7 Å². The molecule has 0 aliphatic heterocycles. The summed E-state index contributed by atoms with van der Waals surface area (Å²) in [6.07, 6.45) is 0. The third kappa shape index (κ3) is 2.89. The second kappa shape index (κ2) is 4.67. The van der Waals surface area contributed by atoms with E-state index in [1.54, 1.807) is 0 Å². The molecular formula is C11H17ClN2. The lowest BCUT2D eigenvalue weighted by Gasteiger charge is -2.21. The van der Waals surface area contributed by atoms with Crippen LogP contribution in [0.15, 0.2) is 18.2 Å². The maximum Gasteiger partial charge on any atom is 0.0638 e. The Morgan fingerprint density at radius 2 is 2.07 bits per heavy atom. The van der Waals surface area contributed by atoms with E-state index in [9.17, 15) is 0 Å². The van der Waals surface area contributed by atoms with E-state index in [-0.39, 0.29) is 0 Å². The second-order valence-corrected chi connectivity index (χ2v) is 4.27. The fraction of sp³-hybridized carbons (Fsp3) is 0.455. The van der Waals surface area contributed by atoms with Crippen LogP contribution in [0.3, 0.4) is 0 Å². The van der Waals surface area contributed by atoms with Crippen molar-refractivity contribution in [3.05, 3.63) is 28.8 Å². The lowest BCUT2D eigenvalue weighted by Crippen LogP contribution is -2.25. The van der Waals surface area contributed by atoms with Crippen molar-refractivity contribution < 1.29 is 0 Å². The summed E-state index contributed by atoms with van der Waals surface area (Å²) >= 11 is 5.93. The Bertz CT molecular complexity index is 310. The van der Waals surface area contributed by atoms with Gasteiger partial charge < -0.3 is 5.73 Å². The first-order valence-electron chi connectivity index (χ1n) is 4.75. The van der Waals surface area contributed by atoms with Crippen LogP contribution in [0.2, 0.25) is 5.02 Å². The van der Waals surface area contributed by atoms with E-state index < -0.39 is 0 Å². The van der Waals surface area contributed by atoms with E-state index in [0.29, 0.717) is 16.8 Å². The standard InChI is InChI=1S/C11H17ClN2/c1-8(2)14(3)7-9-4-5-11(13)10(12)6-9/h4-6,8H,7,13H2,1-3H3. The normalized spacial score (nSPS) is 11.3. The average Bonchev–Trinajstić information content (AvgIpc) is 2.11. The summed E-state index contributed by atoms with van der Waals surface area (Å²) in [6.45, 7) is 5.23. The molecule has 1 rings (SSSR count). The highest BCUT2D eigenvalue weighted by Crippen LogP contribution is 2.20. The molecule has 0 unspecified atom stereocenters. The zero-order chi connectivity index (χ0) is 10.7. The zero-order valence-electron chi connectivity index (χ0n) is 8.92. The minimum atomic E-state index is 0.534. The van der Waals surface area contributed by atoms with Gasteiger partial charge in [0.15, 0.2) is 0 Å². The Morgan fingerprint density at radius 1 is 1.43 bits per heavy atom. The van der Waals surface area contributed by atoms with Crippen LogP contribution >= 0.6 is 11.6 Å². The van der Waals surface area contributed by atoms with Gasteiger partial charge in [-0.3, -0.25) is 4.90 Å².